The number of aromatic amines is 1. The fourth-order valence-electron chi connectivity index (χ4n) is 1.80. The lowest BCUT2D eigenvalue weighted by Gasteiger charge is -2.14. The van der Waals surface area contributed by atoms with Crippen molar-refractivity contribution in [1.29, 1.82) is 0 Å². The van der Waals surface area contributed by atoms with Crippen LogP contribution in [0.25, 0.3) is 5.69 Å². The number of nitrogens with one attached hydrogen (secondary N) is 1. The van der Waals surface area contributed by atoms with E-state index in [0.717, 1.165) is 5.69 Å². The Bertz CT molecular complexity index is 640. The van der Waals surface area contributed by atoms with Crippen molar-refractivity contribution in [1.82, 2.24) is 9.55 Å². The summed E-state index contributed by atoms with van der Waals surface area (Å²) in [5.74, 6) is 0.403. The quantitative estimate of drug-likeness (QED) is 0.827. The number of hydrogen-bond acceptors (Lipinski definition) is 2. The summed E-state index contributed by atoms with van der Waals surface area (Å²) < 4.78 is 2.25. The Morgan fingerprint density at radius 3 is 2.59 bits per heavy atom. The van der Waals surface area contributed by atoms with E-state index in [2.05, 4.69) is 24.9 Å². The number of nitrogens with zero attached hydrogens (tertiary/aromatic N) is 1. The molecule has 0 bridgehead atoms. The molecule has 1 N–H and O–H groups in total. The van der Waals surface area contributed by atoms with Crippen molar-refractivity contribution in [2.75, 3.05) is 0 Å². The summed E-state index contributed by atoms with van der Waals surface area (Å²) in [6.45, 7) is 4.27. The van der Waals surface area contributed by atoms with Gasteiger partial charge in [-0.15, -0.1) is 0 Å². The van der Waals surface area contributed by atoms with E-state index in [1.54, 1.807) is 6.20 Å². The maximum absolute atomic E-state index is 11.2. The minimum absolute atomic E-state index is 0.173. The average Bonchev–Trinajstić information content (AvgIpc) is 2.29. The van der Waals surface area contributed by atoms with Crippen LogP contribution >= 0.6 is 12.2 Å². The molecule has 0 unspecified atom stereocenters. The molecular weight excluding hydrogens is 232 g/mol. The van der Waals surface area contributed by atoms with Gasteiger partial charge in [0.15, 0.2) is 4.77 Å². The lowest BCUT2D eigenvalue weighted by molar-refractivity contribution is 0.832. The van der Waals surface area contributed by atoms with Gasteiger partial charge in [0.05, 0.1) is 5.69 Å². The van der Waals surface area contributed by atoms with Crippen LogP contribution in [0.3, 0.4) is 0 Å². The van der Waals surface area contributed by atoms with E-state index in [-0.39, 0.29) is 5.56 Å². The fourth-order valence-corrected chi connectivity index (χ4v) is 2.06. The third kappa shape index (κ3) is 2.36. The molecule has 0 amide bonds. The molecule has 17 heavy (non-hydrogen) atoms. The van der Waals surface area contributed by atoms with E-state index in [1.807, 2.05) is 22.8 Å². The average molecular weight is 246 g/mol. The highest BCUT2D eigenvalue weighted by Gasteiger charge is 2.07. The summed E-state index contributed by atoms with van der Waals surface area (Å²) in [4.78, 5) is 13.8. The second-order valence-electron chi connectivity index (χ2n) is 4.19. The molecule has 1 aromatic carbocycles. The summed E-state index contributed by atoms with van der Waals surface area (Å²) >= 11 is 5.18. The fraction of sp³-hybridized carbons (Fsp3) is 0.231. The minimum atomic E-state index is -0.173. The van der Waals surface area contributed by atoms with E-state index >= 15 is 0 Å². The molecule has 1 heterocycles. The van der Waals surface area contributed by atoms with E-state index < -0.39 is 0 Å². The molecule has 0 atom stereocenters. The van der Waals surface area contributed by atoms with Crippen molar-refractivity contribution in [3.63, 3.8) is 0 Å². The van der Waals surface area contributed by atoms with Gasteiger partial charge in [-0.1, -0.05) is 32.0 Å². The summed E-state index contributed by atoms with van der Waals surface area (Å²) in [6, 6.07) is 9.53. The molecule has 0 aliphatic rings. The zero-order valence-corrected chi connectivity index (χ0v) is 10.6. The van der Waals surface area contributed by atoms with Gasteiger partial charge in [-0.25, -0.2) is 0 Å². The van der Waals surface area contributed by atoms with Crippen LogP contribution < -0.4 is 5.56 Å². The molecule has 88 valence electrons. The molecular formula is C13H14N2OS. The first-order valence-corrected chi connectivity index (χ1v) is 5.91. The molecule has 4 heteroatoms. The van der Waals surface area contributed by atoms with Crippen LogP contribution in [0, 0.1) is 4.77 Å². The molecule has 0 saturated heterocycles. The number of H-pyrrole nitrogens is 1. The molecule has 3 nitrogen and oxygen atoms in total. The standard InChI is InChI=1S/C13H14N2OS/c1-9(2)10-5-3-4-6-11(10)15-8-7-12(16)14-13(15)17/h3-9H,1-2H3,(H,14,16,17). The Balaban J connectivity index is 2.69. The van der Waals surface area contributed by atoms with E-state index in [4.69, 9.17) is 12.2 Å². The van der Waals surface area contributed by atoms with E-state index in [0.29, 0.717) is 10.7 Å². The third-order valence-electron chi connectivity index (χ3n) is 2.64. The number of aromatic nitrogens is 2. The largest absolute Gasteiger partial charge is 0.299 e. The SMILES string of the molecule is CC(C)c1ccccc1-n1ccc(=O)[nH]c1=S. The van der Waals surface area contributed by atoms with Gasteiger partial charge in [0.25, 0.3) is 5.56 Å². The van der Waals surface area contributed by atoms with Gasteiger partial charge < -0.3 is 0 Å². The van der Waals surface area contributed by atoms with Crippen LogP contribution in [0.1, 0.15) is 25.3 Å². The van der Waals surface area contributed by atoms with Crippen molar-refractivity contribution in [2.24, 2.45) is 0 Å². The van der Waals surface area contributed by atoms with Gasteiger partial charge in [0, 0.05) is 12.3 Å². The molecule has 0 aliphatic carbocycles. The lowest BCUT2D eigenvalue weighted by Crippen LogP contribution is -2.11. The molecule has 0 fully saturated rings. The lowest BCUT2D eigenvalue weighted by atomic mass is 10.0. The van der Waals surface area contributed by atoms with Crippen LogP contribution in [0.5, 0.6) is 0 Å². The number of rotatable bonds is 2. The van der Waals surface area contributed by atoms with Gasteiger partial charge >= 0.3 is 0 Å². The second-order valence-corrected chi connectivity index (χ2v) is 4.58. The highest BCUT2D eigenvalue weighted by atomic mass is 32.1. The highest BCUT2D eigenvalue weighted by Crippen LogP contribution is 2.22. The minimum Gasteiger partial charge on any atom is -0.299 e. The predicted octanol–water partition coefficient (Wildman–Crippen LogP) is 3.02. The zero-order valence-electron chi connectivity index (χ0n) is 9.81. The van der Waals surface area contributed by atoms with Crippen molar-refractivity contribution >= 4 is 12.2 Å². The van der Waals surface area contributed by atoms with Gasteiger partial charge in [-0.2, -0.15) is 0 Å². The van der Waals surface area contributed by atoms with Crippen molar-refractivity contribution < 1.29 is 0 Å². The Labute approximate surface area is 105 Å². The zero-order chi connectivity index (χ0) is 12.4. The third-order valence-corrected chi connectivity index (χ3v) is 2.94. The van der Waals surface area contributed by atoms with Crippen LogP contribution in [0.15, 0.2) is 41.3 Å². The first-order valence-electron chi connectivity index (χ1n) is 5.51. The Hall–Kier alpha value is -1.68. The molecule has 0 spiro atoms. The maximum Gasteiger partial charge on any atom is 0.251 e. The molecule has 2 aromatic rings. The predicted molar refractivity (Wildman–Crippen MR) is 71.3 cm³/mol. The Morgan fingerprint density at radius 2 is 1.94 bits per heavy atom. The van der Waals surface area contributed by atoms with Crippen LogP contribution in [0.2, 0.25) is 0 Å². The Morgan fingerprint density at radius 1 is 1.24 bits per heavy atom. The van der Waals surface area contributed by atoms with Gasteiger partial charge in [-0.3, -0.25) is 14.3 Å². The number of hydrogen-bond donors (Lipinski definition) is 1. The second kappa shape index (κ2) is 4.67. The number of benzene rings is 1. The van der Waals surface area contributed by atoms with Gasteiger partial charge in [0.2, 0.25) is 0 Å². The Kier molecular flexibility index (Phi) is 3.24. The van der Waals surface area contributed by atoms with Crippen LogP contribution in [0.4, 0.5) is 0 Å². The van der Waals surface area contributed by atoms with Crippen molar-refractivity contribution in [2.45, 2.75) is 19.8 Å². The van der Waals surface area contributed by atoms with E-state index in [1.165, 1.54) is 11.6 Å². The summed E-state index contributed by atoms with van der Waals surface area (Å²) in [5.41, 5.74) is 2.05. The highest BCUT2D eigenvalue weighted by molar-refractivity contribution is 7.71. The first-order chi connectivity index (χ1) is 8.09. The van der Waals surface area contributed by atoms with Crippen molar-refractivity contribution in [3.05, 3.63) is 57.2 Å². The molecule has 0 aliphatic heterocycles. The summed E-state index contributed by atoms with van der Waals surface area (Å²) in [5, 5.41) is 0. The topological polar surface area (TPSA) is 37.8 Å². The monoisotopic (exact) mass is 246 g/mol. The van der Waals surface area contributed by atoms with Crippen LogP contribution in [-0.4, -0.2) is 9.55 Å². The number of para-hydroxylation sites is 1. The normalized spacial score (nSPS) is 10.8. The molecule has 2 rings (SSSR count). The molecule has 0 radical (unpaired) electrons. The van der Waals surface area contributed by atoms with E-state index in [9.17, 15) is 4.79 Å². The van der Waals surface area contributed by atoms with Crippen LogP contribution in [-0.2, 0) is 0 Å². The summed E-state index contributed by atoms with van der Waals surface area (Å²) in [7, 11) is 0. The smallest absolute Gasteiger partial charge is 0.251 e. The van der Waals surface area contributed by atoms with Gasteiger partial charge in [0.1, 0.15) is 0 Å². The molecule has 0 saturated carbocycles. The summed E-state index contributed by atoms with van der Waals surface area (Å²) in [6.07, 6.45) is 1.71. The van der Waals surface area contributed by atoms with Crippen molar-refractivity contribution in [3.8, 4) is 5.69 Å². The molecule has 1 aromatic heterocycles. The maximum atomic E-state index is 11.2. The first kappa shape index (κ1) is 11.8. The van der Waals surface area contributed by atoms with Gasteiger partial charge in [-0.05, 0) is 29.8 Å².